The highest BCUT2D eigenvalue weighted by Crippen LogP contribution is 2.29. The summed E-state index contributed by atoms with van der Waals surface area (Å²) in [4.78, 5) is 19.5. The van der Waals surface area contributed by atoms with Gasteiger partial charge in [-0.1, -0.05) is 23.2 Å². The molecule has 1 amide bonds. The first-order chi connectivity index (χ1) is 15.0. The molecule has 4 rings (SSSR count). The van der Waals surface area contributed by atoms with Gasteiger partial charge in [-0.15, -0.1) is 0 Å². The maximum absolute atomic E-state index is 12.8. The first kappa shape index (κ1) is 21.6. The Morgan fingerprint density at radius 1 is 1.16 bits per heavy atom. The van der Waals surface area contributed by atoms with E-state index in [0.29, 0.717) is 21.3 Å². The molecule has 3 aromatic rings. The highest BCUT2D eigenvalue weighted by atomic mass is 35.5. The van der Waals surface area contributed by atoms with Crippen LogP contribution in [0.15, 0.2) is 42.7 Å². The molecule has 3 heterocycles. The van der Waals surface area contributed by atoms with Crippen LogP contribution < -0.4 is 10.2 Å². The van der Waals surface area contributed by atoms with Crippen molar-refractivity contribution in [2.75, 3.05) is 30.4 Å². The van der Waals surface area contributed by atoms with E-state index in [1.165, 1.54) is 0 Å². The van der Waals surface area contributed by atoms with E-state index < -0.39 is 0 Å². The molecule has 2 aromatic heterocycles. The third-order valence-corrected chi connectivity index (χ3v) is 6.01. The van der Waals surface area contributed by atoms with Crippen molar-refractivity contribution in [1.29, 1.82) is 0 Å². The van der Waals surface area contributed by atoms with Crippen molar-refractivity contribution in [1.82, 2.24) is 14.8 Å². The average Bonchev–Trinajstić information content (AvgIpc) is 3.16. The van der Waals surface area contributed by atoms with Crippen LogP contribution in [-0.2, 0) is 4.74 Å². The van der Waals surface area contributed by atoms with E-state index in [4.69, 9.17) is 27.9 Å². The number of halogens is 2. The minimum atomic E-state index is -0.274. The molecule has 1 aliphatic rings. The molecular formula is C22H23Cl2N5O2. The summed E-state index contributed by atoms with van der Waals surface area (Å²) in [5.41, 5.74) is 2.55. The fourth-order valence-electron chi connectivity index (χ4n) is 3.71. The summed E-state index contributed by atoms with van der Waals surface area (Å²) in [5, 5.41) is 8.34. The van der Waals surface area contributed by atoms with Crippen LogP contribution in [-0.4, -0.2) is 47.0 Å². The van der Waals surface area contributed by atoms with E-state index >= 15 is 0 Å². The molecule has 162 valence electrons. The van der Waals surface area contributed by atoms with Crippen LogP contribution in [0.2, 0.25) is 10.0 Å². The van der Waals surface area contributed by atoms with Crippen molar-refractivity contribution in [3.8, 4) is 5.69 Å². The van der Waals surface area contributed by atoms with Gasteiger partial charge in [0.1, 0.15) is 5.82 Å². The zero-order valence-electron chi connectivity index (χ0n) is 17.3. The van der Waals surface area contributed by atoms with Gasteiger partial charge in [-0.05, 0) is 50.1 Å². The van der Waals surface area contributed by atoms with Gasteiger partial charge < -0.3 is 15.0 Å². The minimum Gasteiger partial charge on any atom is -0.381 e. The summed E-state index contributed by atoms with van der Waals surface area (Å²) in [6, 6.07) is 8.99. The number of carbonyl (C=O) groups is 1. The number of carbonyl (C=O) groups excluding carboxylic acids is 1. The largest absolute Gasteiger partial charge is 0.381 e. The second kappa shape index (κ2) is 9.26. The van der Waals surface area contributed by atoms with Gasteiger partial charge >= 0.3 is 0 Å². The first-order valence-electron chi connectivity index (χ1n) is 10.0. The fraction of sp³-hybridized carbons (Fsp3) is 0.318. The molecular weight excluding hydrogens is 437 g/mol. The summed E-state index contributed by atoms with van der Waals surface area (Å²) < 4.78 is 7.11. The molecule has 1 aliphatic heterocycles. The highest BCUT2D eigenvalue weighted by Gasteiger charge is 2.22. The molecule has 1 fully saturated rings. The molecule has 0 atom stereocenters. The Kier molecular flexibility index (Phi) is 6.46. The molecule has 0 bridgehead atoms. The minimum absolute atomic E-state index is 0.274. The number of amides is 1. The molecule has 0 aliphatic carbocycles. The van der Waals surface area contributed by atoms with Crippen LogP contribution in [0.5, 0.6) is 0 Å². The Balaban J connectivity index is 1.47. The lowest BCUT2D eigenvalue weighted by Gasteiger charge is -2.32. The van der Waals surface area contributed by atoms with Crippen LogP contribution in [0, 0.1) is 6.92 Å². The van der Waals surface area contributed by atoms with Crippen molar-refractivity contribution in [2.45, 2.75) is 25.9 Å². The van der Waals surface area contributed by atoms with E-state index in [1.807, 2.05) is 19.1 Å². The molecule has 0 radical (unpaired) electrons. The second-order valence-corrected chi connectivity index (χ2v) is 8.28. The van der Waals surface area contributed by atoms with Crippen molar-refractivity contribution in [2.24, 2.45) is 0 Å². The SMILES string of the molecule is COC1CCN(c2ncc(NC(=O)c3cnn(-c4ccc(Cl)cc4)c3C)cc2Cl)CC1. The number of nitrogens with zero attached hydrogens (tertiary/aromatic N) is 4. The van der Waals surface area contributed by atoms with E-state index in [0.717, 1.165) is 43.1 Å². The van der Waals surface area contributed by atoms with E-state index in [-0.39, 0.29) is 12.0 Å². The maximum Gasteiger partial charge on any atom is 0.259 e. The van der Waals surface area contributed by atoms with Crippen molar-refractivity contribution < 1.29 is 9.53 Å². The zero-order valence-corrected chi connectivity index (χ0v) is 18.8. The lowest BCUT2D eigenvalue weighted by Crippen LogP contribution is -2.37. The third kappa shape index (κ3) is 4.69. The van der Waals surface area contributed by atoms with E-state index in [1.54, 1.807) is 42.4 Å². The number of ether oxygens (including phenoxy) is 1. The van der Waals surface area contributed by atoms with Crippen LogP contribution in [0.4, 0.5) is 11.5 Å². The molecule has 1 N–H and O–H groups in total. The van der Waals surface area contributed by atoms with Crippen LogP contribution in [0.25, 0.3) is 5.69 Å². The van der Waals surface area contributed by atoms with Gasteiger partial charge in [0.05, 0.1) is 46.2 Å². The zero-order chi connectivity index (χ0) is 22.0. The monoisotopic (exact) mass is 459 g/mol. The van der Waals surface area contributed by atoms with Gasteiger partial charge in [0, 0.05) is 25.2 Å². The number of pyridine rings is 1. The summed E-state index contributed by atoms with van der Waals surface area (Å²) >= 11 is 12.4. The lowest BCUT2D eigenvalue weighted by atomic mass is 10.1. The Hall–Kier alpha value is -2.61. The summed E-state index contributed by atoms with van der Waals surface area (Å²) in [6.07, 6.45) is 5.32. The molecule has 0 saturated carbocycles. The van der Waals surface area contributed by atoms with Crippen molar-refractivity contribution in [3.63, 3.8) is 0 Å². The second-order valence-electron chi connectivity index (χ2n) is 7.44. The Morgan fingerprint density at radius 3 is 2.52 bits per heavy atom. The highest BCUT2D eigenvalue weighted by molar-refractivity contribution is 6.33. The predicted molar refractivity (Wildman–Crippen MR) is 123 cm³/mol. The smallest absolute Gasteiger partial charge is 0.259 e. The summed E-state index contributed by atoms with van der Waals surface area (Å²) in [7, 11) is 1.74. The Bertz CT molecular complexity index is 1080. The predicted octanol–water partition coefficient (Wildman–Crippen LogP) is 4.75. The van der Waals surface area contributed by atoms with Crippen molar-refractivity contribution >= 4 is 40.6 Å². The average molecular weight is 460 g/mol. The number of hydrogen-bond donors (Lipinski definition) is 1. The number of benzene rings is 1. The van der Waals surface area contributed by atoms with Crippen LogP contribution in [0.1, 0.15) is 28.9 Å². The van der Waals surface area contributed by atoms with Gasteiger partial charge in [0.25, 0.3) is 5.91 Å². The van der Waals surface area contributed by atoms with Gasteiger partial charge in [-0.3, -0.25) is 4.79 Å². The molecule has 31 heavy (non-hydrogen) atoms. The summed E-state index contributed by atoms with van der Waals surface area (Å²) in [6.45, 7) is 3.51. The van der Waals surface area contributed by atoms with Crippen molar-refractivity contribution in [3.05, 3.63) is 64.0 Å². The first-order valence-corrected chi connectivity index (χ1v) is 10.8. The van der Waals surface area contributed by atoms with Gasteiger partial charge in [0.15, 0.2) is 0 Å². The van der Waals surface area contributed by atoms with Gasteiger partial charge in [-0.2, -0.15) is 5.10 Å². The molecule has 1 aromatic carbocycles. The molecule has 0 unspecified atom stereocenters. The van der Waals surface area contributed by atoms with Crippen LogP contribution in [0.3, 0.4) is 0 Å². The number of anilines is 2. The molecule has 1 saturated heterocycles. The van der Waals surface area contributed by atoms with Gasteiger partial charge in [0.2, 0.25) is 0 Å². The number of piperidine rings is 1. The number of aromatic nitrogens is 3. The standard InChI is InChI=1S/C22H23Cl2N5O2/c1-14-19(13-26-29(14)17-5-3-15(23)4-6-17)22(30)27-16-11-20(24)21(25-12-16)28-9-7-18(31-2)8-10-28/h3-6,11-13,18H,7-10H2,1-2H3,(H,27,30). The Morgan fingerprint density at radius 2 is 1.87 bits per heavy atom. The number of rotatable bonds is 5. The molecule has 0 spiro atoms. The number of methoxy groups -OCH3 is 1. The normalized spacial score (nSPS) is 14.6. The topological polar surface area (TPSA) is 72.3 Å². The van der Waals surface area contributed by atoms with Gasteiger partial charge in [-0.25, -0.2) is 9.67 Å². The number of nitrogens with one attached hydrogen (secondary N) is 1. The molecule has 7 nitrogen and oxygen atoms in total. The quantitative estimate of drug-likeness (QED) is 0.595. The van der Waals surface area contributed by atoms with Crippen LogP contribution >= 0.6 is 23.2 Å². The maximum atomic E-state index is 12.8. The Labute approximate surface area is 190 Å². The van der Waals surface area contributed by atoms with E-state index in [2.05, 4.69) is 20.3 Å². The summed E-state index contributed by atoms with van der Waals surface area (Å²) in [5.74, 6) is 0.449. The fourth-order valence-corrected chi connectivity index (χ4v) is 4.12. The number of hydrogen-bond acceptors (Lipinski definition) is 5. The third-order valence-electron chi connectivity index (χ3n) is 5.48. The lowest BCUT2D eigenvalue weighted by molar-refractivity contribution is 0.0818. The molecule has 9 heteroatoms. The van der Waals surface area contributed by atoms with E-state index in [9.17, 15) is 4.79 Å².